The van der Waals surface area contributed by atoms with Gasteiger partial charge in [-0.3, -0.25) is 0 Å². The van der Waals surface area contributed by atoms with Gasteiger partial charge in [-0.1, -0.05) is 6.92 Å². The van der Waals surface area contributed by atoms with Crippen molar-refractivity contribution in [3.05, 3.63) is 10.6 Å². The van der Waals surface area contributed by atoms with Crippen LogP contribution in [0.3, 0.4) is 0 Å². The largest absolute Gasteiger partial charge is 0.476 e. The quantitative estimate of drug-likeness (QED) is 0.696. The average molecular weight is 189 g/mol. The monoisotopic (exact) mass is 189 g/mol. The maximum absolute atomic E-state index is 10.5. The molecule has 1 N–H and O–H groups in total. The first-order valence-electron chi connectivity index (χ1n) is 3.07. The second-order valence-corrected chi connectivity index (χ2v) is 3.74. The maximum atomic E-state index is 10.5. The van der Waals surface area contributed by atoms with Crippen molar-refractivity contribution >= 4 is 29.9 Å². The van der Waals surface area contributed by atoms with Gasteiger partial charge in [-0.25, -0.2) is 9.78 Å². The number of thiol groups is 1. The highest BCUT2D eigenvalue weighted by atomic mass is 32.2. The minimum Gasteiger partial charge on any atom is -0.476 e. The predicted molar refractivity (Wildman–Crippen MR) is 45.7 cm³/mol. The second-order valence-electron chi connectivity index (χ2n) is 1.93. The van der Waals surface area contributed by atoms with Crippen molar-refractivity contribution in [3.8, 4) is 0 Å². The van der Waals surface area contributed by atoms with Gasteiger partial charge >= 0.3 is 5.97 Å². The molecular formula is C6H7NO2S2. The second kappa shape index (κ2) is 3.23. The maximum Gasteiger partial charge on any atom is 0.355 e. The van der Waals surface area contributed by atoms with E-state index < -0.39 is 5.97 Å². The van der Waals surface area contributed by atoms with E-state index in [1.165, 1.54) is 11.3 Å². The number of nitrogens with zero attached hydrogens (tertiary/aromatic N) is 1. The van der Waals surface area contributed by atoms with E-state index in [-0.39, 0.29) is 5.69 Å². The Morgan fingerprint density at radius 3 is 2.82 bits per heavy atom. The molecule has 5 heteroatoms. The molecule has 3 nitrogen and oxygen atoms in total. The highest BCUT2D eigenvalue weighted by molar-refractivity contribution is 7.82. The fourth-order valence-corrected chi connectivity index (χ4v) is 1.91. The van der Waals surface area contributed by atoms with Crippen molar-refractivity contribution in [2.45, 2.75) is 17.7 Å². The molecular weight excluding hydrogens is 182 g/mol. The van der Waals surface area contributed by atoms with Crippen LogP contribution in [0.4, 0.5) is 0 Å². The number of carboxylic acids is 1. The molecule has 0 saturated heterocycles. The van der Waals surface area contributed by atoms with E-state index in [0.717, 1.165) is 4.88 Å². The van der Waals surface area contributed by atoms with E-state index in [1.807, 2.05) is 6.92 Å². The Balaban J connectivity index is 3.12. The molecule has 0 aliphatic carbocycles. The molecule has 1 heterocycles. The van der Waals surface area contributed by atoms with Crippen molar-refractivity contribution in [2.24, 2.45) is 0 Å². The summed E-state index contributed by atoms with van der Waals surface area (Å²) >= 11 is 5.28. The molecule has 0 fully saturated rings. The standard InChI is InChI=1S/C6H7NO2S2/c1-2-3-4(5(8)9)7-6(10)11-3/h2H2,1H3,(H,7,10)(H,8,9). The van der Waals surface area contributed by atoms with Gasteiger partial charge in [-0.2, -0.15) is 0 Å². The average Bonchev–Trinajstić information content (AvgIpc) is 2.30. The van der Waals surface area contributed by atoms with Gasteiger partial charge in [-0.15, -0.1) is 24.0 Å². The summed E-state index contributed by atoms with van der Waals surface area (Å²) in [5.41, 5.74) is 0.141. The Morgan fingerprint density at radius 2 is 2.45 bits per heavy atom. The van der Waals surface area contributed by atoms with Crippen LogP contribution in [0.2, 0.25) is 0 Å². The normalized spacial score (nSPS) is 10.0. The number of aryl methyl sites for hydroxylation is 1. The number of rotatable bonds is 2. The van der Waals surface area contributed by atoms with E-state index in [0.29, 0.717) is 10.8 Å². The molecule has 11 heavy (non-hydrogen) atoms. The zero-order valence-corrected chi connectivity index (χ0v) is 7.58. The minimum atomic E-state index is -0.974. The zero-order valence-electron chi connectivity index (χ0n) is 5.87. The topological polar surface area (TPSA) is 50.2 Å². The van der Waals surface area contributed by atoms with Gasteiger partial charge in [0.25, 0.3) is 0 Å². The summed E-state index contributed by atoms with van der Waals surface area (Å²) in [6.45, 7) is 1.90. The Labute approximate surface area is 73.5 Å². The molecule has 0 unspecified atom stereocenters. The van der Waals surface area contributed by atoms with Gasteiger partial charge < -0.3 is 5.11 Å². The lowest BCUT2D eigenvalue weighted by molar-refractivity contribution is 0.0689. The number of thiazole rings is 1. The Kier molecular flexibility index (Phi) is 2.51. The van der Waals surface area contributed by atoms with E-state index in [9.17, 15) is 4.79 Å². The summed E-state index contributed by atoms with van der Waals surface area (Å²) in [5, 5.41) is 8.62. The number of hydrogen-bond acceptors (Lipinski definition) is 4. The summed E-state index contributed by atoms with van der Waals surface area (Å²) in [4.78, 5) is 15.0. The summed E-state index contributed by atoms with van der Waals surface area (Å²) in [7, 11) is 0. The van der Waals surface area contributed by atoms with Gasteiger partial charge in [0.05, 0.1) is 0 Å². The molecule has 1 aromatic rings. The summed E-state index contributed by atoms with van der Waals surface area (Å²) in [6, 6.07) is 0. The van der Waals surface area contributed by atoms with Crippen LogP contribution in [-0.2, 0) is 6.42 Å². The molecule has 0 atom stereocenters. The number of carboxylic acid groups (broad SMARTS) is 1. The third-order valence-corrected chi connectivity index (χ3v) is 2.59. The molecule has 0 spiro atoms. The van der Waals surface area contributed by atoms with Crippen LogP contribution in [0.5, 0.6) is 0 Å². The first kappa shape index (κ1) is 8.55. The molecule has 60 valence electrons. The van der Waals surface area contributed by atoms with E-state index >= 15 is 0 Å². The third kappa shape index (κ3) is 1.72. The molecule has 0 aliphatic rings. The zero-order chi connectivity index (χ0) is 8.43. The Bertz CT molecular complexity index is 282. The number of hydrogen-bond donors (Lipinski definition) is 2. The predicted octanol–water partition coefficient (Wildman–Crippen LogP) is 1.69. The smallest absolute Gasteiger partial charge is 0.355 e. The van der Waals surface area contributed by atoms with Crippen molar-refractivity contribution in [2.75, 3.05) is 0 Å². The van der Waals surface area contributed by atoms with Crippen LogP contribution in [0.25, 0.3) is 0 Å². The number of aromatic nitrogens is 1. The van der Waals surface area contributed by atoms with E-state index in [2.05, 4.69) is 17.6 Å². The first-order valence-corrected chi connectivity index (χ1v) is 4.33. The molecule has 1 rings (SSSR count). The van der Waals surface area contributed by atoms with Gasteiger partial charge in [0.1, 0.15) is 4.34 Å². The number of aromatic carboxylic acids is 1. The highest BCUT2D eigenvalue weighted by Crippen LogP contribution is 2.21. The summed E-state index contributed by atoms with van der Waals surface area (Å²) in [6.07, 6.45) is 0.694. The van der Waals surface area contributed by atoms with Crippen LogP contribution in [0.15, 0.2) is 4.34 Å². The van der Waals surface area contributed by atoms with Crippen LogP contribution >= 0.6 is 24.0 Å². The molecule has 0 aliphatic heterocycles. The fourth-order valence-electron chi connectivity index (χ4n) is 0.746. The van der Waals surface area contributed by atoms with Crippen LogP contribution < -0.4 is 0 Å². The van der Waals surface area contributed by atoms with Crippen molar-refractivity contribution in [1.82, 2.24) is 4.98 Å². The molecule has 0 radical (unpaired) electrons. The fraction of sp³-hybridized carbons (Fsp3) is 0.333. The van der Waals surface area contributed by atoms with Crippen molar-refractivity contribution < 1.29 is 9.90 Å². The lowest BCUT2D eigenvalue weighted by Crippen LogP contribution is -1.99. The van der Waals surface area contributed by atoms with Crippen LogP contribution in [0.1, 0.15) is 22.3 Å². The lowest BCUT2D eigenvalue weighted by Gasteiger charge is -1.89. The summed E-state index contributed by atoms with van der Waals surface area (Å²) < 4.78 is 0.513. The molecule has 0 bridgehead atoms. The first-order chi connectivity index (χ1) is 5.15. The van der Waals surface area contributed by atoms with Crippen LogP contribution in [-0.4, -0.2) is 16.1 Å². The molecule has 0 aromatic carbocycles. The SMILES string of the molecule is CCc1sc(S)nc1C(=O)O. The van der Waals surface area contributed by atoms with E-state index in [4.69, 9.17) is 5.11 Å². The van der Waals surface area contributed by atoms with E-state index in [1.54, 1.807) is 0 Å². The lowest BCUT2D eigenvalue weighted by atomic mass is 10.3. The van der Waals surface area contributed by atoms with Gasteiger partial charge in [-0.05, 0) is 6.42 Å². The summed E-state index contributed by atoms with van der Waals surface area (Å²) in [5.74, 6) is -0.974. The molecule has 0 saturated carbocycles. The molecule has 0 amide bonds. The van der Waals surface area contributed by atoms with Crippen molar-refractivity contribution in [1.29, 1.82) is 0 Å². The minimum absolute atomic E-state index is 0.141. The Hall–Kier alpha value is -0.550. The van der Waals surface area contributed by atoms with Crippen molar-refractivity contribution in [3.63, 3.8) is 0 Å². The molecule has 1 aromatic heterocycles. The third-order valence-electron chi connectivity index (χ3n) is 1.21. The van der Waals surface area contributed by atoms with Gasteiger partial charge in [0, 0.05) is 4.88 Å². The number of carbonyl (C=O) groups is 1. The van der Waals surface area contributed by atoms with Gasteiger partial charge in [0.15, 0.2) is 5.69 Å². The highest BCUT2D eigenvalue weighted by Gasteiger charge is 2.13. The van der Waals surface area contributed by atoms with Crippen LogP contribution in [0, 0.1) is 0 Å². The Morgan fingerprint density at radius 1 is 1.82 bits per heavy atom. The van der Waals surface area contributed by atoms with Gasteiger partial charge in [0.2, 0.25) is 0 Å².